The highest BCUT2D eigenvalue weighted by Crippen LogP contribution is 2.25. The Morgan fingerprint density at radius 3 is 2.57 bits per heavy atom. The van der Waals surface area contributed by atoms with Gasteiger partial charge in [0, 0.05) is 23.7 Å². The van der Waals surface area contributed by atoms with Crippen LogP contribution in [0.3, 0.4) is 0 Å². The number of halogens is 1. The first-order chi connectivity index (χ1) is 10.1. The van der Waals surface area contributed by atoms with Crippen molar-refractivity contribution in [2.45, 2.75) is 13.8 Å². The standard InChI is InChI=1S/C16H15IN4/c1-9-4-5-11-8-12(6-7-13(11)19-9)15-20-10(2)14(17)16(18-3)21-15/h4-8H,1-3H3,(H,18,20,21). The molecule has 2 heterocycles. The van der Waals surface area contributed by atoms with E-state index in [-0.39, 0.29) is 0 Å². The van der Waals surface area contributed by atoms with Crippen LogP contribution in [0, 0.1) is 17.4 Å². The topological polar surface area (TPSA) is 50.7 Å². The van der Waals surface area contributed by atoms with Crippen molar-refractivity contribution >= 4 is 39.3 Å². The van der Waals surface area contributed by atoms with Gasteiger partial charge in [-0.25, -0.2) is 9.97 Å². The van der Waals surface area contributed by atoms with E-state index in [0.29, 0.717) is 0 Å². The summed E-state index contributed by atoms with van der Waals surface area (Å²) in [7, 11) is 1.88. The lowest BCUT2D eigenvalue weighted by molar-refractivity contribution is 1.09. The zero-order chi connectivity index (χ0) is 15.0. The van der Waals surface area contributed by atoms with Crippen molar-refractivity contribution in [3.8, 4) is 11.4 Å². The Hall–Kier alpha value is -1.76. The van der Waals surface area contributed by atoms with Crippen LogP contribution in [0.5, 0.6) is 0 Å². The van der Waals surface area contributed by atoms with Crippen molar-refractivity contribution in [2.75, 3.05) is 12.4 Å². The molecule has 0 unspecified atom stereocenters. The van der Waals surface area contributed by atoms with E-state index >= 15 is 0 Å². The highest BCUT2D eigenvalue weighted by atomic mass is 127. The molecule has 2 aromatic heterocycles. The van der Waals surface area contributed by atoms with Gasteiger partial charge in [0.05, 0.1) is 14.8 Å². The summed E-state index contributed by atoms with van der Waals surface area (Å²) in [4.78, 5) is 13.7. The van der Waals surface area contributed by atoms with Crippen LogP contribution >= 0.6 is 22.6 Å². The summed E-state index contributed by atoms with van der Waals surface area (Å²) in [5.74, 6) is 1.60. The molecule has 1 N–H and O–H groups in total. The minimum absolute atomic E-state index is 0.736. The number of hydrogen-bond acceptors (Lipinski definition) is 4. The van der Waals surface area contributed by atoms with Gasteiger partial charge in [-0.05, 0) is 60.7 Å². The Kier molecular flexibility index (Phi) is 3.75. The van der Waals surface area contributed by atoms with Crippen LogP contribution in [0.2, 0.25) is 0 Å². The number of benzene rings is 1. The van der Waals surface area contributed by atoms with E-state index in [1.807, 2.05) is 39.1 Å². The molecule has 0 saturated carbocycles. The zero-order valence-electron chi connectivity index (χ0n) is 12.1. The second kappa shape index (κ2) is 5.55. The fourth-order valence-electron chi connectivity index (χ4n) is 2.22. The van der Waals surface area contributed by atoms with E-state index in [1.165, 1.54) is 0 Å². The van der Waals surface area contributed by atoms with Gasteiger partial charge in [0.15, 0.2) is 5.82 Å². The summed E-state index contributed by atoms with van der Waals surface area (Å²) >= 11 is 2.26. The maximum atomic E-state index is 4.60. The van der Waals surface area contributed by atoms with E-state index in [9.17, 15) is 0 Å². The van der Waals surface area contributed by atoms with Crippen molar-refractivity contribution in [3.63, 3.8) is 0 Å². The number of nitrogens with one attached hydrogen (secondary N) is 1. The number of aromatic nitrogens is 3. The first-order valence-electron chi connectivity index (χ1n) is 6.68. The third-order valence-corrected chi connectivity index (χ3v) is 4.63. The van der Waals surface area contributed by atoms with Crippen LogP contribution in [0.1, 0.15) is 11.4 Å². The fraction of sp³-hybridized carbons (Fsp3) is 0.188. The maximum Gasteiger partial charge on any atom is 0.161 e. The van der Waals surface area contributed by atoms with E-state index in [2.05, 4.69) is 55.0 Å². The minimum atomic E-state index is 0.736. The quantitative estimate of drug-likeness (QED) is 0.674. The van der Waals surface area contributed by atoms with Crippen molar-refractivity contribution < 1.29 is 0 Å². The average molecular weight is 390 g/mol. The molecule has 0 radical (unpaired) electrons. The average Bonchev–Trinajstić information content (AvgIpc) is 2.49. The first-order valence-corrected chi connectivity index (χ1v) is 7.76. The van der Waals surface area contributed by atoms with Crippen LogP contribution < -0.4 is 5.32 Å². The predicted molar refractivity (Wildman–Crippen MR) is 94.5 cm³/mol. The lowest BCUT2D eigenvalue weighted by Crippen LogP contribution is -2.02. The molecule has 0 atom stereocenters. The molecule has 106 valence electrons. The molecule has 3 rings (SSSR count). The molecule has 0 spiro atoms. The Morgan fingerprint density at radius 1 is 1.00 bits per heavy atom. The number of aryl methyl sites for hydroxylation is 2. The molecule has 21 heavy (non-hydrogen) atoms. The molecule has 0 amide bonds. The van der Waals surface area contributed by atoms with Crippen molar-refractivity contribution in [3.05, 3.63) is 45.3 Å². The summed E-state index contributed by atoms with van der Waals surface area (Å²) in [6.07, 6.45) is 0. The molecule has 3 aromatic rings. The molecular formula is C16H15IN4. The second-order valence-corrected chi connectivity index (χ2v) is 5.98. The van der Waals surface area contributed by atoms with E-state index in [4.69, 9.17) is 0 Å². The zero-order valence-corrected chi connectivity index (χ0v) is 14.3. The number of anilines is 1. The number of hydrogen-bond donors (Lipinski definition) is 1. The van der Waals surface area contributed by atoms with Gasteiger partial charge in [0.2, 0.25) is 0 Å². The lowest BCUT2D eigenvalue weighted by Gasteiger charge is -2.09. The lowest BCUT2D eigenvalue weighted by atomic mass is 10.1. The molecule has 0 fully saturated rings. The van der Waals surface area contributed by atoms with Crippen LogP contribution in [0.15, 0.2) is 30.3 Å². The molecule has 0 aliphatic heterocycles. The van der Waals surface area contributed by atoms with Gasteiger partial charge in [0.25, 0.3) is 0 Å². The van der Waals surface area contributed by atoms with Gasteiger partial charge in [-0.15, -0.1) is 0 Å². The first kappa shape index (κ1) is 14.2. The third-order valence-electron chi connectivity index (χ3n) is 3.34. The Morgan fingerprint density at radius 2 is 1.81 bits per heavy atom. The van der Waals surface area contributed by atoms with Crippen LogP contribution in [-0.4, -0.2) is 22.0 Å². The van der Waals surface area contributed by atoms with Crippen LogP contribution in [0.4, 0.5) is 5.82 Å². The third kappa shape index (κ3) is 2.70. The normalized spacial score (nSPS) is 10.9. The summed E-state index contributed by atoms with van der Waals surface area (Å²) in [6.45, 7) is 4.00. The van der Waals surface area contributed by atoms with Crippen molar-refractivity contribution in [2.24, 2.45) is 0 Å². The predicted octanol–water partition coefficient (Wildman–Crippen LogP) is 3.95. The van der Waals surface area contributed by atoms with Crippen molar-refractivity contribution in [1.82, 2.24) is 15.0 Å². The van der Waals surface area contributed by atoms with Crippen LogP contribution in [-0.2, 0) is 0 Å². The Balaban J connectivity index is 2.16. The van der Waals surface area contributed by atoms with E-state index < -0.39 is 0 Å². The molecule has 0 aliphatic rings. The molecule has 0 bridgehead atoms. The highest BCUT2D eigenvalue weighted by Gasteiger charge is 2.10. The molecule has 0 saturated heterocycles. The summed E-state index contributed by atoms with van der Waals surface area (Å²) in [5.41, 5.74) is 4.00. The summed E-state index contributed by atoms with van der Waals surface area (Å²) in [6, 6.07) is 10.2. The number of rotatable bonds is 2. The molecular weight excluding hydrogens is 375 g/mol. The maximum absolute atomic E-state index is 4.60. The second-order valence-electron chi connectivity index (χ2n) is 4.91. The molecule has 0 aliphatic carbocycles. The van der Waals surface area contributed by atoms with Gasteiger partial charge in [-0.3, -0.25) is 4.98 Å². The highest BCUT2D eigenvalue weighted by molar-refractivity contribution is 14.1. The number of fused-ring (bicyclic) bond motifs is 1. The van der Waals surface area contributed by atoms with E-state index in [0.717, 1.165) is 43.1 Å². The minimum Gasteiger partial charge on any atom is -0.372 e. The molecule has 4 nitrogen and oxygen atoms in total. The smallest absolute Gasteiger partial charge is 0.161 e. The van der Waals surface area contributed by atoms with Crippen LogP contribution in [0.25, 0.3) is 22.3 Å². The van der Waals surface area contributed by atoms with Gasteiger partial charge >= 0.3 is 0 Å². The fourth-order valence-corrected chi connectivity index (χ4v) is 2.73. The van der Waals surface area contributed by atoms with Gasteiger partial charge < -0.3 is 5.32 Å². The van der Waals surface area contributed by atoms with Gasteiger partial charge in [-0.2, -0.15) is 0 Å². The molecule has 1 aromatic carbocycles. The summed E-state index contributed by atoms with van der Waals surface area (Å²) < 4.78 is 1.05. The van der Waals surface area contributed by atoms with Gasteiger partial charge in [0.1, 0.15) is 5.82 Å². The Bertz CT molecular complexity index is 830. The largest absolute Gasteiger partial charge is 0.372 e. The number of nitrogens with zero attached hydrogens (tertiary/aromatic N) is 3. The number of pyridine rings is 1. The SMILES string of the molecule is CNc1nc(-c2ccc3nc(C)ccc3c2)nc(C)c1I. The van der Waals surface area contributed by atoms with E-state index in [1.54, 1.807) is 0 Å². The Labute approximate surface area is 137 Å². The monoisotopic (exact) mass is 390 g/mol. The summed E-state index contributed by atoms with van der Waals surface area (Å²) in [5, 5.41) is 4.22. The van der Waals surface area contributed by atoms with Crippen molar-refractivity contribution in [1.29, 1.82) is 0 Å². The van der Waals surface area contributed by atoms with Gasteiger partial charge in [-0.1, -0.05) is 6.07 Å². The molecule has 5 heteroatoms.